The van der Waals surface area contributed by atoms with Crippen molar-refractivity contribution in [2.45, 2.75) is 80.3 Å². The Hall–Kier alpha value is -2.30. The van der Waals surface area contributed by atoms with Gasteiger partial charge in [0.1, 0.15) is 6.04 Å². The van der Waals surface area contributed by atoms with Crippen molar-refractivity contribution in [2.24, 2.45) is 17.8 Å². The summed E-state index contributed by atoms with van der Waals surface area (Å²) in [6, 6.07) is 6.48. The molecule has 4 rings (SSSR count). The summed E-state index contributed by atoms with van der Waals surface area (Å²) in [7, 11) is 0. The third kappa shape index (κ3) is 6.23. The molecular weight excluding hydrogens is 642 g/mol. The summed E-state index contributed by atoms with van der Waals surface area (Å²) in [4.78, 5) is 48.5. The predicted octanol–water partition coefficient (Wildman–Crippen LogP) is 5.43. The second kappa shape index (κ2) is 14.9. The second-order valence-corrected chi connectivity index (χ2v) is 15.0. The average molecular weight is 691 g/mol. The van der Waals surface area contributed by atoms with Crippen LogP contribution >= 0.6 is 27.7 Å². The third-order valence-corrected chi connectivity index (χ3v) is 12.7. The molecule has 3 saturated heterocycles. The van der Waals surface area contributed by atoms with Gasteiger partial charge in [-0.1, -0.05) is 41.9 Å². The first-order valence-corrected chi connectivity index (χ1v) is 17.7. The number of likely N-dealkylation sites (tertiary alicyclic amines) is 1. The number of nitrogens with zero attached hydrogens (tertiary/aromatic N) is 3. The quantitative estimate of drug-likeness (QED) is 0.107. The van der Waals surface area contributed by atoms with E-state index >= 15 is 0 Å². The number of hydrogen-bond acceptors (Lipinski definition) is 7. The van der Waals surface area contributed by atoms with Crippen LogP contribution in [0.5, 0.6) is 0 Å². The summed E-state index contributed by atoms with van der Waals surface area (Å²) in [5.41, 5.74) is 1.78. The van der Waals surface area contributed by atoms with Crippen molar-refractivity contribution in [1.29, 1.82) is 0 Å². The van der Waals surface area contributed by atoms with E-state index in [1.807, 2.05) is 44.2 Å². The zero-order valence-corrected chi connectivity index (χ0v) is 28.9. The van der Waals surface area contributed by atoms with Gasteiger partial charge in [-0.05, 0) is 69.7 Å². The van der Waals surface area contributed by atoms with E-state index in [-0.39, 0.29) is 53.5 Å². The van der Waals surface area contributed by atoms with Crippen LogP contribution in [0.3, 0.4) is 0 Å². The summed E-state index contributed by atoms with van der Waals surface area (Å²) >= 11 is 5.40. The Morgan fingerprint density at radius 3 is 2.39 bits per heavy atom. The molecule has 2 amide bonds. The molecule has 0 aromatic heterocycles. The number of carbonyl (C=O) groups is 3. The summed E-state index contributed by atoms with van der Waals surface area (Å²) in [5, 5.41) is 10.4. The molecule has 0 aliphatic carbocycles. The molecule has 1 aromatic rings. The van der Waals surface area contributed by atoms with Crippen LogP contribution < -0.4 is 9.80 Å². The van der Waals surface area contributed by atoms with Gasteiger partial charge in [0.05, 0.1) is 35.8 Å². The summed E-state index contributed by atoms with van der Waals surface area (Å²) < 4.78 is 4.93. The van der Waals surface area contributed by atoms with Crippen LogP contribution in [0.2, 0.25) is 0 Å². The molecular formula is C34H48BrN3O5S. The zero-order chi connectivity index (χ0) is 32.2. The fourth-order valence-electron chi connectivity index (χ4n) is 7.28. The van der Waals surface area contributed by atoms with E-state index in [0.29, 0.717) is 12.1 Å². The van der Waals surface area contributed by atoms with Crippen molar-refractivity contribution in [2.75, 3.05) is 42.6 Å². The first-order valence-electron chi connectivity index (χ1n) is 15.9. The van der Waals surface area contributed by atoms with Crippen molar-refractivity contribution < 1.29 is 24.2 Å². The lowest BCUT2D eigenvalue weighted by Gasteiger charge is -2.41. The first-order chi connectivity index (χ1) is 21.1. The minimum absolute atomic E-state index is 0.0575. The van der Waals surface area contributed by atoms with Gasteiger partial charge in [-0.3, -0.25) is 14.4 Å². The number of hydrogen-bond donors (Lipinski definition) is 1. The number of rotatable bonds is 16. The molecule has 0 radical (unpaired) electrons. The molecule has 1 N–H and O–H groups in total. The maximum atomic E-state index is 14.9. The number of halogens is 1. The van der Waals surface area contributed by atoms with E-state index in [1.165, 1.54) is 0 Å². The lowest BCUT2D eigenvalue weighted by atomic mass is 9.71. The molecule has 8 nitrogen and oxygen atoms in total. The Kier molecular flexibility index (Phi) is 11.7. The number of benzene rings is 1. The number of amides is 2. The lowest BCUT2D eigenvalue weighted by molar-refractivity contribution is -0.154. The van der Waals surface area contributed by atoms with Crippen molar-refractivity contribution in [3.63, 3.8) is 0 Å². The van der Waals surface area contributed by atoms with Crippen molar-refractivity contribution in [3.8, 4) is 0 Å². The molecule has 1 spiro atoms. The van der Waals surface area contributed by atoms with Crippen LogP contribution in [0, 0.1) is 17.8 Å². The number of anilines is 2. The topological polar surface area (TPSA) is 90.4 Å². The fraction of sp³-hybridized carbons (Fsp3) is 0.618. The van der Waals surface area contributed by atoms with Crippen molar-refractivity contribution >= 4 is 56.9 Å². The number of unbranched alkanes of at least 4 members (excludes halogenated alkanes) is 2. The number of esters is 1. The molecule has 1 aromatic carbocycles. The smallest absolute Gasteiger partial charge is 0.310 e. The third-order valence-electron chi connectivity index (χ3n) is 9.46. The molecule has 7 atom stereocenters. The SMILES string of the molecule is C=CCCCCOC(=O)[C@H]1[C@H]2C(=O)N([C@@H](CO)C(C)C)C(C(=O)N(CC=C)c3ccc(N(CC)CC)cc3)C23CC(Br)[C@@H]1S3. The normalized spacial score (nSPS) is 27.8. The summed E-state index contributed by atoms with van der Waals surface area (Å²) in [6.45, 7) is 17.8. The van der Waals surface area contributed by atoms with Crippen LogP contribution in [0.15, 0.2) is 49.6 Å². The number of carbonyl (C=O) groups excluding carboxylic acids is 3. The van der Waals surface area contributed by atoms with Gasteiger partial charge < -0.3 is 24.5 Å². The number of ether oxygens (including phenoxy) is 1. The molecule has 3 aliphatic rings. The Bertz CT molecular complexity index is 1210. The van der Waals surface area contributed by atoms with Gasteiger partial charge in [-0.2, -0.15) is 0 Å². The predicted molar refractivity (Wildman–Crippen MR) is 182 cm³/mol. The largest absolute Gasteiger partial charge is 0.465 e. The Labute approximate surface area is 275 Å². The van der Waals surface area contributed by atoms with Crippen molar-refractivity contribution in [3.05, 3.63) is 49.6 Å². The molecule has 3 heterocycles. The van der Waals surface area contributed by atoms with E-state index < -0.39 is 28.7 Å². The van der Waals surface area contributed by atoms with Crippen LogP contribution in [0.4, 0.5) is 11.4 Å². The highest BCUT2D eigenvalue weighted by atomic mass is 79.9. The molecule has 242 valence electrons. The maximum Gasteiger partial charge on any atom is 0.310 e. The van der Waals surface area contributed by atoms with Gasteiger partial charge in [0.2, 0.25) is 5.91 Å². The van der Waals surface area contributed by atoms with Gasteiger partial charge in [0, 0.05) is 41.1 Å². The zero-order valence-electron chi connectivity index (χ0n) is 26.5. The number of thioether (sulfide) groups is 1. The molecule has 44 heavy (non-hydrogen) atoms. The molecule has 0 saturated carbocycles. The minimum Gasteiger partial charge on any atom is -0.465 e. The number of alkyl halides is 1. The van der Waals surface area contributed by atoms with Gasteiger partial charge in [-0.25, -0.2) is 0 Å². The van der Waals surface area contributed by atoms with E-state index in [4.69, 9.17) is 4.74 Å². The Morgan fingerprint density at radius 2 is 1.82 bits per heavy atom. The molecule has 3 aliphatic heterocycles. The monoisotopic (exact) mass is 689 g/mol. The van der Waals surface area contributed by atoms with Crippen LogP contribution in [0.25, 0.3) is 0 Å². The van der Waals surface area contributed by atoms with Gasteiger partial charge in [0.25, 0.3) is 5.91 Å². The highest BCUT2D eigenvalue weighted by Crippen LogP contribution is 2.68. The lowest BCUT2D eigenvalue weighted by Crippen LogP contribution is -2.59. The minimum atomic E-state index is -0.859. The maximum absolute atomic E-state index is 14.9. The van der Waals surface area contributed by atoms with Gasteiger partial charge in [0.15, 0.2) is 0 Å². The standard InChI is InChI=1S/C34H48BrN3O5S/c1-7-11-12-13-19-43-33(42)27-28-31(40)38(26(21-39)22(5)6)30(34(28)20-25(35)29(27)44-34)32(41)37(18-8-2)24-16-14-23(15-17-24)36(9-3)10-4/h7-8,14-17,22,25-30,39H,1-2,9-13,18-21H2,3-6H3/t25?,26-,27-,28-,29-,30?,34?/m0/s1. The summed E-state index contributed by atoms with van der Waals surface area (Å²) in [6.07, 6.45) is 6.55. The molecule has 3 unspecified atom stereocenters. The van der Waals surface area contributed by atoms with Crippen LogP contribution in [-0.2, 0) is 19.1 Å². The van der Waals surface area contributed by atoms with E-state index in [0.717, 1.165) is 38.0 Å². The number of fused-ring (bicyclic) bond motifs is 1. The first kappa shape index (κ1) is 34.6. The molecule has 10 heteroatoms. The van der Waals surface area contributed by atoms with Gasteiger partial charge >= 0.3 is 5.97 Å². The van der Waals surface area contributed by atoms with Gasteiger partial charge in [-0.15, -0.1) is 24.9 Å². The Balaban J connectivity index is 1.74. The second-order valence-electron chi connectivity index (χ2n) is 12.3. The van der Waals surface area contributed by atoms with Crippen molar-refractivity contribution in [1.82, 2.24) is 4.90 Å². The fourth-order valence-corrected chi connectivity index (χ4v) is 10.9. The van der Waals surface area contributed by atoms with E-state index in [2.05, 4.69) is 47.8 Å². The summed E-state index contributed by atoms with van der Waals surface area (Å²) in [5.74, 6) is -2.31. The average Bonchev–Trinajstić information content (AvgIpc) is 3.60. The molecule has 3 fully saturated rings. The van der Waals surface area contributed by atoms with E-state index in [1.54, 1.807) is 27.6 Å². The number of aliphatic hydroxyl groups is 1. The Morgan fingerprint density at radius 1 is 1.16 bits per heavy atom. The van der Waals surface area contributed by atoms with Crippen LogP contribution in [0.1, 0.15) is 53.4 Å². The number of aliphatic hydroxyl groups excluding tert-OH is 1. The number of allylic oxidation sites excluding steroid dienone is 1. The van der Waals surface area contributed by atoms with Crippen LogP contribution in [-0.4, -0.2) is 87.5 Å². The highest BCUT2D eigenvalue weighted by molar-refractivity contribution is 9.09. The molecule has 2 bridgehead atoms. The highest BCUT2D eigenvalue weighted by Gasteiger charge is 2.76. The van der Waals surface area contributed by atoms with E-state index in [9.17, 15) is 19.5 Å².